The first kappa shape index (κ1) is 16.0. The van der Waals surface area contributed by atoms with Gasteiger partial charge in [0.25, 0.3) is 0 Å². The molecular formula is C17H24N2OS. The van der Waals surface area contributed by atoms with Crippen LogP contribution in [0.1, 0.15) is 44.2 Å². The molecule has 1 aromatic rings. The Morgan fingerprint density at radius 2 is 1.95 bits per heavy atom. The van der Waals surface area contributed by atoms with Crippen LogP contribution in [0.4, 0.5) is 0 Å². The first-order valence-electron chi connectivity index (χ1n) is 7.65. The second kappa shape index (κ2) is 7.03. The Morgan fingerprint density at radius 1 is 1.29 bits per heavy atom. The minimum atomic E-state index is 0.101. The van der Waals surface area contributed by atoms with Crippen LogP contribution in [0.2, 0.25) is 0 Å². The second-order valence-corrected chi connectivity index (χ2v) is 6.62. The van der Waals surface area contributed by atoms with E-state index in [9.17, 15) is 4.79 Å². The van der Waals surface area contributed by atoms with Crippen LogP contribution in [0.15, 0.2) is 24.3 Å². The molecule has 1 fully saturated rings. The summed E-state index contributed by atoms with van der Waals surface area (Å²) in [4.78, 5) is 12.6. The average Bonchev–Trinajstić information content (AvgIpc) is 2.44. The van der Waals surface area contributed by atoms with Gasteiger partial charge < -0.3 is 11.1 Å². The molecule has 3 unspecified atom stereocenters. The summed E-state index contributed by atoms with van der Waals surface area (Å²) in [5.74, 6) is 1.35. The molecule has 0 spiro atoms. The van der Waals surface area contributed by atoms with E-state index in [1.165, 1.54) is 12.8 Å². The van der Waals surface area contributed by atoms with Crippen LogP contribution in [0.25, 0.3) is 0 Å². The van der Waals surface area contributed by atoms with Crippen LogP contribution in [-0.2, 0) is 11.2 Å². The van der Waals surface area contributed by atoms with Gasteiger partial charge in [0, 0.05) is 11.6 Å². The van der Waals surface area contributed by atoms with E-state index in [1.54, 1.807) is 0 Å². The van der Waals surface area contributed by atoms with Gasteiger partial charge in [0.1, 0.15) is 4.99 Å². The Hall–Kier alpha value is -1.42. The molecule has 1 aliphatic carbocycles. The van der Waals surface area contributed by atoms with Gasteiger partial charge in [0.15, 0.2) is 0 Å². The van der Waals surface area contributed by atoms with Crippen molar-refractivity contribution in [2.75, 3.05) is 0 Å². The first-order chi connectivity index (χ1) is 9.97. The number of carbonyl (C=O) groups excluding carboxylic acids is 1. The van der Waals surface area contributed by atoms with Crippen molar-refractivity contribution in [1.29, 1.82) is 0 Å². The number of benzene rings is 1. The summed E-state index contributed by atoms with van der Waals surface area (Å²) in [6.07, 6.45) is 3.99. The van der Waals surface area contributed by atoms with E-state index in [0.717, 1.165) is 17.5 Å². The van der Waals surface area contributed by atoms with Gasteiger partial charge in [-0.1, -0.05) is 63.2 Å². The first-order valence-corrected chi connectivity index (χ1v) is 8.06. The number of amides is 1. The lowest BCUT2D eigenvalue weighted by molar-refractivity contribution is -0.121. The summed E-state index contributed by atoms with van der Waals surface area (Å²) >= 11 is 4.92. The SMILES string of the molecule is CC1CCCC(NC(=O)Cc2ccc(C(N)=S)cc2)C1C. The predicted molar refractivity (Wildman–Crippen MR) is 90.1 cm³/mol. The fraction of sp³-hybridized carbons (Fsp3) is 0.529. The standard InChI is InChI=1S/C17H24N2OS/c1-11-4-3-5-15(12(11)2)19-16(20)10-13-6-8-14(9-7-13)17(18)21/h6-9,11-12,15H,3-5,10H2,1-2H3,(H2,18,21)(H,19,20). The Kier molecular flexibility index (Phi) is 5.34. The van der Waals surface area contributed by atoms with Gasteiger partial charge in [-0.15, -0.1) is 0 Å². The van der Waals surface area contributed by atoms with Crippen molar-refractivity contribution in [3.63, 3.8) is 0 Å². The fourth-order valence-corrected chi connectivity index (χ4v) is 3.15. The summed E-state index contributed by atoms with van der Waals surface area (Å²) in [6, 6.07) is 7.89. The van der Waals surface area contributed by atoms with Gasteiger partial charge in [-0.2, -0.15) is 0 Å². The zero-order chi connectivity index (χ0) is 15.4. The largest absolute Gasteiger partial charge is 0.389 e. The molecule has 0 saturated heterocycles. The molecule has 0 aliphatic heterocycles. The maximum absolute atomic E-state index is 12.2. The number of carbonyl (C=O) groups is 1. The van der Waals surface area contributed by atoms with E-state index in [1.807, 2.05) is 24.3 Å². The lowest BCUT2D eigenvalue weighted by Gasteiger charge is -2.34. The molecule has 1 aliphatic rings. The van der Waals surface area contributed by atoms with Crippen molar-refractivity contribution in [3.05, 3.63) is 35.4 Å². The van der Waals surface area contributed by atoms with Crippen LogP contribution < -0.4 is 11.1 Å². The number of rotatable bonds is 4. The Balaban J connectivity index is 1.90. The topological polar surface area (TPSA) is 55.1 Å². The highest BCUT2D eigenvalue weighted by molar-refractivity contribution is 7.80. The van der Waals surface area contributed by atoms with Crippen molar-refractivity contribution < 1.29 is 4.79 Å². The predicted octanol–water partition coefficient (Wildman–Crippen LogP) is 2.80. The lowest BCUT2D eigenvalue weighted by atomic mass is 9.78. The number of thiocarbonyl (C=S) groups is 1. The minimum absolute atomic E-state index is 0.101. The van der Waals surface area contributed by atoms with Crippen LogP contribution in [-0.4, -0.2) is 16.9 Å². The quantitative estimate of drug-likeness (QED) is 0.841. The van der Waals surface area contributed by atoms with Crippen molar-refractivity contribution in [2.24, 2.45) is 17.6 Å². The summed E-state index contributed by atoms with van der Waals surface area (Å²) in [5, 5.41) is 3.20. The third-order valence-electron chi connectivity index (χ3n) is 4.66. The van der Waals surface area contributed by atoms with E-state index in [2.05, 4.69) is 19.2 Å². The monoisotopic (exact) mass is 304 g/mol. The number of hydrogen-bond donors (Lipinski definition) is 2. The molecule has 1 amide bonds. The Labute approximate surface area is 132 Å². The van der Waals surface area contributed by atoms with E-state index >= 15 is 0 Å². The molecule has 4 heteroatoms. The van der Waals surface area contributed by atoms with E-state index < -0.39 is 0 Å². The zero-order valence-electron chi connectivity index (χ0n) is 12.8. The molecular weight excluding hydrogens is 280 g/mol. The van der Waals surface area contributed by atoms with E-state index in [-0.39, 0.29) is 5.91 Å². The van der Waals surface area contributed by atoms with Crippen molar-refractivity contribution in [2.45, 2.75) is 45.6 Å². The second-order valence-electron chi connectivity index (χ2n) is 6.18. The molecule has 0 radical (unpaired) electrons. The van der Waals surface area contributed by atoms with Gasteiger partial charge in [0.2, 0.25) is 5.91 Å². The van der Waals surface area contributed by atoms with Crippen molar-refractivity contribution >= 4 is 23.1 Å². The van der Waals surface area contributed by atoms with Crippen LogP contribution in [0.5, 0.6) is 0 Å². The molecule has 1 aromatic carbocycles. The highest BCUT2D eigenvalue weighted by Gasteiger charge is 2.27. The van der Waals surface area contributed by atoms with Gasteiger partial charge in [0.05, 0.1) is 6.42 Å². The average molecular weight is 304 g/mol. The van der Waals surface area contributed by atoms with Crippen LogP contribution in [0.3, 0.4) is 0 Å². The Bertz CT molecular complexity index is 512. The van der Waals surface area contributed by atoms with Gasteiger partial charge in [-0.05, 0) is 23.8 Å². The third kappa shape index (κ3) is 4.27. The highest BCUT2D eigenvalue weighted by atomic mass is 32.1. The maximum Gasteiger partial charge on any atom is 0.224 e. The zero-order valence-corrected chi connectivity index (χ0v) is 13.6. The van der Waals surface area contributed by atoms with E-state index in [4.69, 9.17) is 18.0 Å². The third-order valence-corrected chi connectivity index (χ3v) is 4.89. The van der Waals surface area contributed by atoms with Gasteiger partial charge in [-0.3, -0.25) is 4.79 Å². The molecule has 1 saturated carbocycles. The maximum atomic E-state index is 12.2. The number of nitrogens with two attached hydrogens (primary N) is 1. The molecule has 3 N–H and O–H groups in total. The van der Waals surface area contributed by atoms with Crippen LogP contribution in [0, 0.1) is 11.8 Å². The molecule has 3 nitrogen and oxygen atoms in total. The van der Waals surface area contributed by atoms with Crippen molar-refractivity contribution in [3.8, 4) is 0 Å². The number of nitrogens with one attached hydrogen (secondary N) is 1. The van der Waals surface area contributed by atoms with Gasteiger partial charge in [-0.25, -0.2) is 0 Å². The molecule has 0 aromatic heterocycles. The highest BCUT2D eigenvalue weighted by Crippen LogP contribution is 2.29. The smallest absolute Gasteiger partial charge is 0.224 e. The summed E-state index contributed by atoms with van der Waals surface area (Å²) < 4.78 is 0. The molecule has 2 rings (SSSR count). The summed E-state index contributed by atoms with van der Waals surface area (Å²) in [6.45, 7) is 4.52. The summed E-state index contributed by atoms with van der Waals surface area (Å²) in [7, 11) is 0. The molecule has 0 heterocycles. The van der Waals surface area contributed by atoms with Gasteiger partial charge >= 0.3 is 0 Å². The molecule has 114 valence electrons. The normalized spacial score (nSPS) is 25.3. The number of hydrogen-bond acceptors (Lipinski definition) is 2. The summed E-state index contributed by atoms with van der Waals surface area (Å²) in [5.41, 5.74) is 7.40. The molecule has 21 heavy (non-hydrogen) atoms. The molecule has 0 bridgehead atoms. The Morgan fingerprint density at radius 3 is 2.57 bits per heavy atom. The van der Waals surface area contributed by atoms with E-state index in [0.29, 0.717) is 29.3 Å². The molecule has 3 atom stereocenters. The van der Waals surface area contributed by atoms with Crippen LogP contribution >= 0.6 is 12.2 Å². The fourth-order valence-electron chi connectivity index (χ4n) is 3.02. The lowest BCUT2D eigenvalue weighted by Crippen LogP contribution is -2.44. The van der Waals surface area contributed by atoms with Crippen molar-refractivity contribution in [1.82, 2.24) is 5.32 Å². The minimum Gasteiger partial charge on any atom is -0.389 e.